The third kappa shape index (κ3) is 2.58. The normalized spacial score (nSPS) is 14.2. The molecule has 0 saturated carbocycles. The van der Waals surface area contributed by atoms with Gasteiger partial charge in [0.1, 0.15) is 6.10 Å². The van der Waals surface area contributed by atoms with Crippen molar-refractivity contribution in [3.63, 3.8) is 0 Å². The minimum atomic E-state index is -1.54. The summed E-state index contributed by atoms with van der Waals surface area (Å²) in [5.41, 5.74) is 0.585. The van der Waals surface area contributed by atoms with Gasteiger partial charge in [0.2, 0.25) is 0 Å². The molecule has 0 unspecified atom stereocenters. The van der Waals surface area contributed by atoms with Gasteiger partial charge < -0.3 is 10.2 Å². The number of hydrogen-bond donors (Lipinski definition) is 2. The quantitative estimate of drug-likeness (QED) is 0.765. The lowest BCUT2D eigenvalue weighted by Crippen LogP contribution is -2.27. The van der Waals surface area contributed by atoms with E-state index in [0.717, 1.165) is 0 Å². The number of hydrogen-bond acceptors (Lipinski definition) is 2. The highest BCUT2D eigenvalue weighted by atomic mass is 35.5. The Hall–Kier alpha value is -0.280. The fourth-order valence-electron chi connectivity index (χ4n) is 0.966. The molecule has 4 heteroatoms. The molecule has 1 rings (SSSR count). The first-order valence-electron chi connectivity index (χ1n) is 3.79. The summed E-state index contributed by atoms with van der Waals surface area (Å²) in [6.45, 7) is -0.494. The summed E-state index contributed by atoms with van der Waals surface area (Å²) in [5, 5.41) is 18.4. The molecular formula is C9H10Cl2O2. The molecule has 1 aromatic rings. The third-order valence-electron chi connectivity index (χ3n) is 1.73. The van der Waals surface area contributed by atoms with Crippen LogP contribution in [-0.4, -0.2) is 21.2 Å². The van der Waals surface area contributed by atoms with E-state index in [9.17, 15) is 5.11 Å². The fourth-order valence-corrected chi connectivity index (χ4v) is 1.22. The summed E-state index contributed by atoms with van der Waals surface area (Å²) < 4.78 is -1.54. The first-order chi connectivity index (χ1) is 6.08. The van der Waals surface area contributed by atoms with Crippen molar-refractivity contribution in [3.8, 4) is 0 Å². The van der Waals surface area contributed by atoms with Gasteiger partial charge in [0.25, 0.3) is 0 Å². The molecule has 2 N–H and O–H groups in total. The van der Waals surface area contributed by atoms with Crippen molar-refractivity contribution in [2.45, 2.75) is 10.4 Å². The lowest BCUT2D eigenvalue weighted by molar-refractivity contribution is 0.122. The van der Waals surface area contributed by atoms with E-state index in [1.165, 1.54) is 0 Å². The van der Waals surface area contributed by atoms with E-state index in [1.54, 1.807) is 24.3 Å². The van der Waals surface area contributed by atoms with Gasteiger partial charge in [-0.25, -0.2) is 0 Å². The summed E-state index contributed by atoms with van der Waals surface area (Å²) in [7, 11) is 0. The molecule has 0 aliphatic heterocycles. The van der Waals surface area contributed by atoms with Crippen molar-refractivity contribution >= 4 is 23.2 Å². The molecule has 2 nitrogen and oxygen atoms in total. The molecule has 0 heterocycles. The van der Waals surface area contributed by atoms with E-state index in [0.29, 0.717) is 5.56 Å². The first kappa shape index (κ1) is 10.8. The molecule has 13 heavy (non-hydrogen) atoms. The monoisotopic (exact) mass is 220 g/mol. The van der Waals surface area contributed by atoms with Gasteiger partial charge >= 0.3 is 0 Å². The van der Waals surface area contributed by atoms with Gasteiger partial charge in [0.15, 0.2) is 4.33 Å². The van der Waals surface area contributed by atoms with Crippen molar-refractivity contribution in [1.82, 2.24) is 0 Å². The molecule has 0 aromatic heterocycles. The molecule has 0 amide bonds. The Kier molecular flexibility index (Phi) is 3.56. The van der Waals surface area contributed by atoms with Gasteiger partial charge in [-0.3, -0.25) is 0 Å². The van der Waals surface area contributed by atoms with E-state index < -0.39 is 17.0 Å². The van der Waals surface area contributed by atoms with Gasteiger partial charge in [-0.05, 0) is 5.56 Å². The average molecular weight is 221 g/mol. The zero-order chi connectivity index (χ0) is 9.90. The second kappa shape index (κ2) is 4.29. The molecule has 1 atom stereocenters. The van der Waals surface area contributed by atoms with E-state index in [-0.39, 0.29) is 0 Å². The van der Waals surface area contributed by atoms with Crippen LogP contribution >= 0.6 is 23.2 Å². The van der Waals surface area contributed by atoms with Gasteiger partial charge in [-0.1, -0.05) is 53.5 Å². The van der Waals surface area contributed by atoms with Crippen LogP contribution in [0.2, 0.25) is 0 Å². The minimum Gasteiger partial charge on any atom is -0.393 e. The maximum atomic E-state index is 9.62. The molecule has 0 fully saturated rings. The summed E-state index contributed by atoms with van der Waals surface area (Å²) in [5.74, 6) is 0. The SMILES string of the molecule is OCC(Cl)(Cl)[C@H](O)c1ccccc1. The Morgan fingerprint density at radius 1 is 1.23 bits per heavy atom. The third-order valence-corrected chi connectivity index (χ3v) is 2.38. The number of aliphatic hydroxyl groups is 2. The largest absolute Gasteiger partial charge is 0.393 e. The highest BCUT2D eigenvalue weighted by molar-refractivity contribution is 6.49. The Morgan fingerprint density at radius 3 is 2.23 bits per heavy atom. The standard InChI is InChI=1S/C9H10Cl2O2/c10-9(11,6-12)8(13)7-4-2-1-3-5-7/h1-5,8,12-13H,6H2/t8-/m1/s1. The topological polar surface area (TPSA) is 40.5 Å². The Morgan fingerprint density at radius 2 is 1.77 bits per heavy atom. The lowest BCUT2D eigenvalue weighted by atomic mass is 10.1. The van der Waals surface area contributed by atoms with E-state index in [4.69, 9.17) is 28.3 Å². The number of rotatable bonds is 3. The summed E-state index contributed by atoms with van der Waals surface area (Å²) in [6, 6.07) is 8.73. The zero-order valence-corrected chi connectivity index (χ0v) is 8.33. The molecule has 0 bridgehead atoms. The molecule has 0 saturated heterocycles. The highest BCUT2D eigenvalue weighted by Gasteiger charge is 2.33. The maximum Gasteiger partial charge on any atom is 0.170 e. The molecule has 1 aromatic carbocycles. The van der Waals surface area contributed by atoms with E-state index >= 15 is 0 Å². The van der Waals surface area contributed by atoms with Crippen LogP contribution in [0.5, 0.6) is 0 Å². The number of aliphatic hydroxyl groups excluding tert-OH is 2. The van der Waals surface area contributed by atoms with E-state index in [1.807, 2.05) is 6.07 Å². The Balaban J connectivity index is 2.85. The van der Waals surface area contributed by atoms with Crippen LogP contribution in [0.15, 0.2) is 30.3 Å². The van der Waals surface area contributed by atoms with Crippen molar-refractivity contribution in [3.05, 3.63) is 35.9 Å². The van der Waals surface area contributed by atoms with E-state index in [2.05, 4.69) is 0 Å². The van der Waals surface area contributed by atoms with Crippen LogP contribution in [0.4, 0.5) is 0 Å². The van der Waals surface area contributed by atoms with Crippen LogP contribution in [0.3, 0.4) is 0 Å². The summed E-state index contributed by atoms with van der Waals surface area (Å²) in [6.07, 6.45) is -1.08. The predicted molar refractivity (Wildman–Crippen MR) is 52.9 cm³/mol. The number of alkyl halides is 2. The van der Waals surface area contributed by atoms with Crippen molar-refractivity contribution < 1.29 is 10.2 Å². The zero-order valence-electron chi connectivity index (χ0n) is 6.82. The first-order valence-corrected chi connectivity index (χ1v) is 4.55. The van der Waals surface area contributed by atoms with Crippen molar-refractivity contribution in [2.75, 3.05) is 6.61 Å². The summed E-state index contributed by atoms with van der Waals surface area (Å²) in [4.78, 5) is 0. The molecular weight excluding hydrogens is 211 g/mol. The van der Waals surface area contributed by atoms with Gasteiger partial charge in [-0.2, -0.15) is 0 Å². The van der Waals surface area contributed by atoms with Gasteiger partial charge in [-0.15, -0.1) is 0 Å². The molecule has 72 valence electrons. The molecule has 0 aliphatic rings. The number of benzene rings is 1. The Bertz CT molecular complexity index is 262. The van der Waals surface area contributed by atoms with Crippen LogP contribution in [0.25, 0.3) is 0 Å². The maximum absolute atomic E-state index is 9.62. The second-order valence-electron chi connectivity index (χ2n) is 2.73. The van der Waals surface area contributed by atoms with Gasteiger partial charge in [0.05, 0.1) is 6.61 Å². The van der Waals surface area contributed by atoms with Crippen LogP contribution < -0.4 is 0 Å². The molecule has 0 aliphatic carbocycles. The average Bonchev–Trinajstić information content (AvgIpc) is 2.18. The smallest absolute Gasteiger partial charge is 0.170 e. The van der Waals surface area contributed by atoms with Crippen LogP contribution in [-0.2, 0) is 0 Å². The predicted octanol–water partition coefficient (Wildman–Crippen LogP) is 1.89. The molecule has 0 spiro atoms. The Labute approximate surface area is 86.7 Å². The van der Waals surface area contributed by atoms with Crippen molar-refractivity contribution in [1.29, 1.82) is 0 Å². The van der Waals surface area contributed by atoms with Crippen LogP contribution in [0, 0.1) is 0 Å². The highest BCUT2D eigenvalue weighted by Crippen LogP contribution is 2.35. The number of halogens is 2. The van der Waals surface area contributed by atoms with Crippen molar-refractivity contribution in [2.24, 2.45) is 0 Å². The van der Waals surface area contributed by atoms with Gasteiger partial charge in [0, 0.05) is 0 Å². The fraction of sp³-hybridized carbons (Fsp3) is 0.333. The lowest BCUT2D eigenvalue weighted by Gasteiger charge is -2.23. The summed E-state index contributed by atoms with van der Waals surface area (Å²) >= 11 is 11.3. The van der Waals surface area contributed by atoms with Crippen LogP contribution in [0.1, 0.15) is 11.7 Å². The minimum absolute atomic E-state index is 0.494. The molecule has 0 radical (unpaired) electrons. The second-order valence-corrected chi connectivity index (χ2v) is 4.27.